The maximum absolute atomic E-state index is 12.7. The zero-order valence-corrected chi connectivity index (χ0v) is 18.6. The number of amides is 1. The highest BCUT2D eigenvalue weighted by atomic mass is 32.2. The van der Waals surface area contributed by atoms with Crippen LogP contribution in [0.25, 0.3) is 0 Å². The Morgan fingerprint density at radius 3 is 2.32 bits per heavy atom. The van der Waals surface area contributed by atoms with E-state index >= 15 is 0 Å². The molecule has 31 heavy (non-hydrogen) atoms. The molecule has 1 amide bonds. The van der Waals surface area contributed by atoms with Gasteiger partial charge in [0.2, 0.25) is 0 Å². The van der Waals surface area contributed by atoms with Gasteiger partial charge in [0, 0.05) is 5.69 Å². The lowest BCUT2D eigenvalue weighted by molar-refractivity contribution is -0.122. The van der Waals surface area contributed by atoms with Crippen LogP contribution < -0.4 is 14.8 Å². The van der Waals surface area contributed by atoms with E-state index in [1.54, 1.807) is 24.3 Å². The predicted octanol–water partition coefficient (Wildman–Crippen LogP) is 4.90. The molecule has 6 nitrogen and oxygen atoms in total. The quantitative estimate of drug-likeness (QED) is 0.524. The molecular formula is C24H26N2O4S. The van der Waals surface area contributed by atoms with Crippen molar-refractivity contribution >= 4 is 27.3 Å². The van der Waals surface area contributed by atoms with Gasteiger partial charge in [-0.1, -0.05) is 37.3 Å². The zero-order chi connectivity index (χ0) is 22.4. The van der Waals surface area contributed by atoms with Gasteiger partial charge in [0.15, 0.2) is 6.10 Å². The van der Waals surface area contributed by atoms with E-state index < -0.39 is 16.1 Å². The zero-order valence-electron chi connectivity index (χ0n) is 17.8. The molecule has 0 saturated carbocycles. The summed E-state index contributed by atoms with van der Waals surface area (Å²) in [6.07, 6.45) is -0.167. The second-order valence-corrected chi connectivity index (χ2v) is 8.95. The van der Waals surface area contributed by atoms with Gasteiger partial charge in [-0.2, -0.15) is 0 Å². The third-order valence-corrected chi connectivity index (χ3v) is 6.13. The molecule has 0 aromatic heterocycles. The molecule has 0 radical (unpaired) electrons. The van der Waals surface area contributed by atoms with Crippen molar-refractivity contribution in [2.45, 2.75) is 38.2 Å². The van der Waals surface area contributed by atoms with Crippen LogP contribution in [0.4, 0.5) is 11.4 Å². The topological polar surface area (TPSA) is 84.5 Å². The fourth-order valence-corrected chi connectivity index (χ4v) is 4.14. The van der Waals surface area contributed by atoms with Crippen LogP contribution in [-0.2, 0) is 14.8 Å². The van der Waals surface area contributed by atoms with Crippen molar-refractivity contribution in [3.05, 3.63) is 83.9 Å². The van der Waals surface area contributed by atoms with E-state index in [4.69, 9.17) is 4.74 Å². The fraction of sp³-hybridized carbons (Fsp3) is 0.208. The molecule has 0 aliphatic carbocycles. The third-order valence-electron chi connectivity index (χ3n) is 4.75. The number of ether oxygens (including phenoxy) is 1. The number of hydrogen-bond acceptors (Lipinski definition) is 4. The van der Waals surface area contributed by atoms with Gasteiger partial charge in [0.25, 0.3) is 15.9 Å². The Balaban J connectivity index is 1.67. The molecule has 162 valence electrons. The molecule has 0 saturated heterocycles. The van der Waals surface area contributed by atoms with Crippen molar-refractivity contribution < 1.29 is 17.9 Å². The molecule has 3 aromatic carbocycles. The van der Waals surface area contributed by atoms with Crippen molar-refractivity contribution in [2.75, 3.05) is 10.0 Å². The molecule has 0 aliphatic rings. The van der Waals surface area contributed by atoms with Crippen LogP contribution in [0.3, 0.4) is 0 Å². The molecule has 0 unspecified atom stereocenters. The Labute approximate surface area is 183 Å². The molecule has 7 heteroatoms. The standard InChI is InChI=1S/C24H26N2O4S/c1-4-23(30-20-10-7-8-17(2)16-20)24(27)25-19-12-14-21(15-13-19)31(28,29)26-22-11-6-5-9-18(22)3/h5-16,23,26H,4H2,1-3H3,(H,25,27)/t23-/m0/s1. The largest absolute Gasteiger partial charge is 0.481 e. The molecule has 0 fully saturated rings. The van der Waals surface area contributed by atoms with Crippen molar-refractivity contribution in [3.8, 4) is 5.75 Å². The first kappa shape index (κ1) is 22.4. The fourth-order valence-electron chi connectivity index (χ4n) is 3.01. The lowest BCUT2D eigenvalue weighted by Crippen LogP contribution is -2.32. The second kappa shape index (κ2) is 9.66. The summed E-state index contributed by atoms with van der Waals surface area (Å²) in [5.74, 6) is 0.336. The smallest absolute Gasteiger partial charge is 0.265 e. The number of carbonyl (C=O) groups excluding carboxylic acids is 1. The van der Waals surface area contributed by atoms with Gasteiger partial charge in [-0.3, -0.25) is 9.52 Å². The Morgan fingerprint density at radius 2 is 1.68 bits per heavy atom. The summed E-state index contributed by atoms with van der Waals surface area (Å²) in [6, 6.07) is 20.7. The number of para-hydroxylation sites is 1. The van der Waals surface area contributed by atoms with Gasteiger partial charge < -0.3 is 10.1 Å². The maximum atomic E-state index is 12.7. The van der Waals surface area contributed by atoms with E-state index in [0.717, 1.165) is 11.1 Å². The second-order valence-electron chi connectivity index (χ2n) is 7.27. The highest BCUT2D eigenvalue weighted by Crippen LogP contribution is 2.21. The summed E-state index contributed by atoms with van der Waals surface area (Å²) in [7, 11) is -3.73. The van der Waals surface area contributed by atoms with E-state index in [-0.39, 0.29) is 10.8 Å². The molecule has 0 spiro atoms. The summed E-state index contributed by atoms with van der Waals surface area (Å²) in [6.45, 7) is 5.66. The molecule has 2 N–H and O–H groups in total. The SMILES string of the molecule is CC[C@H](Oc1cccc(C)c1)C(=O)Nc1ccc(S(=O)(=O)Nc2ccccc2C)cc1. The average Bonchev–Trinajstić information content (AvgIpc) is 2.74. The molecule has 0 bridgehead atoms. The highest BCUT2D eigenvalue weighted by Gasteiger charge is 2.20. The Morgan fingerprint density at radius 1 is 0.968 bits per heavy atom. The first-order chi connectivity index (χ1) is 14.8. The maximum Gasteiger partial charge on any atom is 0.265 e. The molecule has 3 aromatic rings. The molecule has 1 atom stereocenters. The van der Waals surface area contributed by atoms with E-state index in [9.17, 15) is 13.2 Å². The number of rotatable bonds is 8. The number of nitrogens with one attached hydrogen (secondary N) is 2. The van der Waals surface area contributed by atoms with Crippen LogP contribution in [0.5, 0.6) is 5.75 Å². The first-order valence-corrected chi connectivity index (χ1v) is 11.5. The summed E-state index contributed by atoms with van der Waals surface area (Å²) in [5, 5.41) is 2.79. The monoisotopic (exact) mass is 438 g/mol. The van der Waals surface area contributed by atoms with Gasteiger partial charge in [0.1, 0.15) is 5.75 Å². The molecule has 3 rings (SSSR count). The minimum absolute atomic E-state index is 0.108. The molecule has 0 heterocycles. The summed E-state index contributed by atoms with van der Waals surface area (Å²) in [4.78, 5) is 12.7. The molecular weight excluding hydrogens is 412 g/mol. The average molecular weight is 439 g/mol. The minimum atomic E-state index is -3.73. The molecule has 0 aliphatic heterocycles. The van der Waals surface area contributed by atoms with Crippen LogP contribution in [-0.4, -0.2) is 20.4 Å². The number of sulfonamides is 1. The predicted molar refractivity (Wildman–Crippen MR) is 123 cm³/mol. The number of hydrogen-bond donors (Lipinski definition) is 2. The van der Waals surface area contributed by atoms with Crippen LogP contribution >= 0.6 is 0 Å². The number of carbonyl (C=O) groups is 1. The Bertz CT molecular complexity index is 1160. The minimum Gasteiger partial charge on any atom is -0.481 e. The van der Waals surface area contributed by atoms with Crippen LogP contribution in [0, 0.1) is 13.8 Å². The van der Waals surface area contributed by atoms with Gasteiger partial charge in [-0.15, -0.1) is 0 Å². The van der Waals surface area contributed by atoms with Crippen molar-refractivity contribution in [1.29, 1.82) is 0 Å². The van der Waals surface area contributed by atoms with Gasteiger partial charge in [-0.05, 0) is 73.9 Å². The van der Waals surface area contributed by atoms with Crippen molar-refractivity contribution in [2.24, 2.45) is 0 Å². The lowest BCUT2D eigenvalue weighted by Gasteiger charge is -2.18. The normalized spacial score (nSPS) is 12.1. The Kier molecular flexibility index (Phi) is 6.97. The van der Waals surface area contributed by atoms with Gasteiger partial charge in [0.05, 0.1) is 10.6 Å². The van der Waals surface area contributed by atoms with Crippen molar-refractivity contribution in [3.63, 3.8) is 0 Å². The van der Waals surface area contributed by atoms with Gasteiger partial charge >= 0.3 is 0 Å². The third kappa shape index (κ3) is 5.86. The van der Waals surface area contributed by atoms with Gasteiger partial charge in [-0.25, -0.2) is 8.42 Å². The van der Waals surface area contributed by atoms with E-state index in [2.05, 4.69) is 10.0 Å². The van der Waals surface area contributed by atoms with Crippen molar-refractivity contribution in [1.82, 2.24) is 0 Å². The van der Waals surface area contributed by atoms with Crippen LogP contribution in [0.1, 0.15) is 24.5 Å². The van der Waals surface area contributed by atoms with E-state index in [1.807, 2.05) is 57.2 Å². The van der Waals surface area contributed by atoms with Crippen LogP contribution in [0.15, 0.2) is 77.7 Å². The highest BCUT2D eigenvalue weighted by molar-refractivity contribution is 7.92. The first-order valence-electron chi connectivity index (χ1n) is 10.0. The number of aryl methyl sites for hydroxylation is 2. The number of benzene rings is 3. The summed E-state index contributed by atoms with van der Waals surface area (Å²) >= 11 is 0. The summed E-state index contributed by atoms with van der Waals surface area (Å²) < 4.78 is 33.7. The number of anilines is 2. The van der Waals surface area contributed by atoms with E-state index in [1.165, 1.54) is 12.1 Å². The Hall–Kier alpha value is -3.32. The van der Waals surface area contributed by atoms with E-state index in [0.29, 0.717) is 23.5 Å². The van der Waals surface area contributed by atoms with Crippen LogP contribution in [0.2, 0.25) is 0 Å². The summed E-state index contributed by atoms with van der Waals surface area (Å²) in [5.41, 5.74) is 2.89. The lowest BCUT2D eigenvalue weighted by atomic mass is 10.2.